The first-order valence-electron chi connectivity index (χ1n) is 8.93. The van der Waals surface area contributed by atoms with Crippen LogP contribution in [0.3, 0.4) is 0 Å². The number of amides is 2. The Morgan fingerprint density at radius 3 is 2.63 bits per heavy atom. The highest BCUT2D eigenvalue weighted by atomic mass is 16.7. The Labute approximate surface area is 158 Å². The largest absolute Gasteiger partial charge is 0.454 e. The van der Waals surface area contributed by atoms with Gasteiger partial charge in [-0.2, -0.15) is 0 Å². The van der Waals surface area contributed by atoms with Crippen molar-refractivity contribution >= 4 is 17.9 Å². The average Bonchev–Trinajstić information content (AvgIpc) is 3.16. The van der Waals surface area contributed by atoms with Gasteiger partial charge in [-0.15, -0.1) is 0 Å². The summed E-state index contributed by atoms with van der Waals surface area (Å²) in [5.74, 6) is 0.608. The molecule has 0 atom stereocenters. The molecule has 2 aromatic rings. The molecule has 2 aromatic carbocycles. The van der Waals surface area contributed by atoms with Crippen molar-refractivity contribution < 1.29 is 19.1 Å². The molecule has 2 amide bonds. The average molecular weight is 366 g/mol. The van der Waals surface area contributed by atoms with Gasteiger partial charge in [-0.3, -0.25) is 9.59 Å². The second-order valence-electron chi connectivity index (χ2n) is 6.10. The Hall–Kier alpha value is -3.28. The van der Waals surface area contributed by atoms with Crippen molar-refractivity contribution in [2.45, 2.75) is 19.8 Å². The Morgan fingerprint density at radius 1 is 1.07 bits per heavy atom. The highest BCUT2D eigenvalue weighted by Crippen LogP contribution is 2.33. The minimum absolute atomic E-state index is 0.178. The SMILES string of the molecule is CCCCNC(=O)/C(=C/c1ccc2c(c1)OCO2)NC(=O)c1ccccc1. The van der Waals surface area contributed by atoms with Gasteiger partial charge in [0.05, 0.1) is 0 Å². The first kappa shape index (κ1) is 18.5. The minimum atomic E-state index is -0.340. The molecule has 1 aliphatic rings. The lowest BCUT2D eigenvalue weighted by atomic mass is 10.1. The number of fused-ring (bicyclic) bond motifs is 1. The van der Waals surface area contributed by atoms with E-state index in [2.05, 4.69) is 10.6 Å². The summed E-state index contributed by atoms with van der Waals surface area (Å²) in [5.41, 5.74) is 1.39. The van der Waals surface area contributed by atoms with Crippen molar-refractivity contribution in [3.8, 4) is 11.5 Å². The quantitative estimate of drug-likeness (QED) is 0.583. The maximum atomic E-state index is 12.6. The number of carbonyl (C=O) groups is 2. The van der Waals surface area contributed by atoms with E-state index in [9.17, 15) is 9.59 Å². The van der Waals surface area contributed by atoms with E-state index in [1.165, 1.54) is 0 Å². The van der Waals surface area contributed by atoms with E-state index in [1.54, 1.807) is 42.5 Å². The molecule has 140 valence electrons. The van der Waals surface area contributed by atoms with Crippen LogP contribution >= 0.6 is 0 Å². The summed E-state index contributed by atoms with van der Waals surface area (Å²) in [4.78, 5) is 25.1. The van der Waals surface area contributed by atoms with Crippen LogP contribution in [0.15, 0.2) is 54.2 Å². The van der Waals surface area contributed by atoms with Gasteiger partial charge in [0.2, 0.25) is 6.79 Å². The second kappa shape index (κ2) is 8.89. The third-order valence-electron chi connectivity index (χ3n) is 4.05. The first-order valence-corrected chi connectivity index (χ1v) is 8.93. The molecule has 0 aromatic heterocycles. The molecule has 0 aliphatic carbocycles. The summed E-state index contributed by atoms with van der Waals surface area (Å²) in [7, 11) is 0. The van der Waals surface area contributed by atoms with Crippen molar-refractivity contribution in [1.29, 1.82) is 0 Å². The van der Waals surface area contributed by atoms with E-state index in [1.807, 2.05) is 19.1 Å². The molecule has 6 heteroatoms. The van der Waals surface area contributed by atoms with Gasteiger partial charge in [-0.25, -0.2) is 0 Å². The monoisotopic (exact) mass is 366 g/mol. The molecule has 0 spiro atoms. The highest BCUT2D eigenvalue weighted by Gasteiger charge is 2.16. The number of carbonyl (C=O) groups excluding carboxylic acids is 2. The molecule has 2 N–H and O–H groups in total. The van der Waals surface area contributed by atoms with Gasteiger partial charge in [-0.05, 0) is 42.3 Å². The molecule has 3 rings (SSSR count). The van der Waals surface area contributed by atoms with E-state index in [0.29, 0.717) is 23.6 Å². The minimum Gasteiger partial charge on any atom is -0.454 e. The van der Waals surface area contributed by atoms with E-state index < -0.39 is 0 Å². The molecule has 1 heterocycles. The highest BCUT2D eigenvalue weighted by molar-refractivity contribution is 6.05. The van der Waals surface area contributed by atoms with Crippen molar-refractivity contribution in [2.24, 2.45) is 0 Å². The first-order chi connectivity index (χ1) is 13.2. The number of ether oxygens (including phenoxy) is 2. The van der Waals surface area contributed by atoms with Gasteiger partial charge >= 0.3 is 0 Å². The molecule has 0 radical (unpaired) electrons. The fourth-order valence-electron chi connectivity index (χ4n) is 2.59. The fourth-order valence-corrected chi connectivity index (χ4v) is 2.59. The zero-order chi connectivity index (χ0) is 19.1. The van der Waals surface area contributed by atoms with Gasteiger partial charge in [0.1, 0.15) is 5.70 Å². The van der Waals surface area contributed by atoms with Crippen LogP contribution in [0.2, 0.25) is 0 Å². The number of rotatable bonds is 7. The standard InChI is InChI=1S/C21H22N2O4/c1-2-3-11-22-21(25)17(23-20(24)16-7-5-4-6-8-16)12-15-9-10-18-19(13-15)27-14-26-18/h4-10,12-13H,2-3,11,14H2,1H3,(H,22,25)(H,23,24)/b17-12-. The lowest BCUT2D eigenvalue weighted by Gasteiger charge is -2.11. The van der Waals surface area contributed by atoms with Crippen molar-refractivity contribution in [3.63, 3.8) is 0 Å². The van der Waals surface area contributed by atoms with Gasteiger partial charge in [0, 0.05) is 12.1 Å². The zero-order valence-corrected chi connectivity index (χ0v) is 15.2. The predicted octanol–water partition coefficient (Wildman–Crippen LogP) is 3.10. The summed E-state index contributed by atoms with van der Waals surface area (Å²) in [6.07, 6.45) is 3.47. The van der Waals surface area contributed by atoms with Crippen LogP contribution in [0.4, 0.5) is 0 Å². The summed E-state index contributed by atoms with van der Waals surface area (Å²) in [6.45, 7) is 2.78. The van der Waals surface area contributed by atoms with E-state index in [0.717, 1.165) is 18.4 Å². The summed E-state index contributed by atoms with van der Waals surface area (Å²) in [5, 5.41) is 5.55. The topological polar surface area (TPSA) is 76.7 Å². The third-order valence-corrected chi connectivity index (χ3v) is 4.05. The van der Waals surface area contributed by atoms with Crippen LogP contribution < -0.4 is 20.1 Å². The molecular weight excluding hydrogens is 344 g/mol. The smallest absolute Gasteiger partial charge is 0.267 e. The fraction of sp³-hybridized carbons (Fsp3) is 0.238. The predicted molar refractivity (Wildman–Crippen MR) is 102 cm³/mol. The number of benzene rings is 2. The van der Waals surface area contributed by atoms with E-state index in [-0.39, 0.29) is 24.3 Å². The van der Waals surface area contributed by atoms with E-state index in [4.69, 9.17) is 9.47 Å². The lowest BCUT2D eigenvalue weighted by Crippen LogP contribution is -2.35. The van der Waals surface area contributed by atoms with Crippen molar-refractivity contribution in [1.82, 2.24) is 10.6 Å². The number of hydrogen-bond acceptors (Lipinski definition) is 4. The molecule has 27 heavy (non-hydrogen) atoms. The van der Waals surface area contributed by atoms with Crippen LogP contribution in [0.5, 0.6) is 11.5 Å². The summed E-state index contributed by atoms with van der Waals surface area (Å²) >= 11 is 0. The van der Waals surface area contributed by atoms with Crippen LogP contribution in [0, 0.1) is 0 Å². The van der Waals surface area contributed by atoms with Gasteiger partial charge < -0.3 is 20.1 Å². The number of hydrogen-bond donors (Lipinski definition) is 2. The van der Waals surface area contributed by atoms with Crippen LogP contribution in [-0.2, 0) is 4.79 Å². The molecule has 0 saturated heterocycles. The molecule has 0 unspecified atom stereocenters. The summed E-state index contributed by atoms with van der Waals surface area (Å²) < 4.78 is 10.7. The molecule has 0 fully saturated rings. The van der Waals surface area contributed by atoms with Crippen molar-refractivity contribution in [3.05, 3.63) is 65.4 Å². The molecular formula is C21H22N2O4. The van der Waals surface area contributed by atoms with Crippen LogP contribution in [0.1, 0.15) is 35.7 Å². The number of unbranched alkanes of at least 4 members (excludes halogenated alkanes) is 1. The maximum Gasteiger partial charge on any atom is 0.267 e. The Kier molecular flexibility index (Phi) is 6.10. The maximum absolute atomic E-state index is 12.6. The normalized spacial score (nSPS) is 12.6. The van der Waals surface area contributed by atoms with Crippen molar-refractivity contribution in [2.75, 3.05) is 13.3 Å². The second-order valence-corrected chi connectivity index (χ2v) is 6.10. The molecule has 1 aliphatic heterocycles. The van der Waals surface area contributed by atoms with Crippen LogP contribution in [0.25, 0.3) is 6.08 Å². The summed E-state index contributed by atoms with van der Waals surface area (Å²) in [6, 6.07) is 14.1. The molecule has 6 nitrogen and oxygen atoms in total. The molecule has 0 saturated carbocycles. The molecule has 0 bridgehead atoms. The number of nitrogens with one attached hydrogen (secondary N) is 2. The Balaban J connectivity index is 1.82. The lowest BCUT2D eigenvalue weighted by molar-refractivity contribution is -0.117. The Morgan fingerprint density at radius 2 is 1.85 bits per heavy atom. The zero-order valence-electron chi connectivity index (χ0n) is 15.2. The Bertz CT molecular complexity index is 847. The van der Waals surface area contributed by atoms with Gasteiger partial charge in [0.25, 0.3) is 11.8 Å². The van der Waals surface area contributed by atoms with E-state index >= 15 is 0 Å². The van der Waals surface area contributed by atoms with Gasteiger partial charge in [-0.1, -0.05) is 37.6 Å². The van der Waals surface area contributed by atoms with Gasteiger partial charge in [0.15, 0.2) is 11.5 Å². The van der Waals surface area contributed by atoms with Crippen LogP contribution in [-0.4, -0.2) is 25.2 Å². The third kappa shape index (κ3) is 4.88.